The molecule has 0 radical (unpaired) electrons. The van der Waals surface area contributed by atoms with E-state index in [1.54, 1.807) is 50.4 Å². The number of morpholine rings is 1. The minimum Gasteiger partial charge on any atom is -0.488 e. The summed E-state index contributed by atoms with van der Waals surface area (Å²) in [7, 11) is 0. The van der Waals surface area contributed by atoms with Crippen LogP contribution in [0, 0.1) is 0 Å². The lowest BCUT2D eigenvalue weighted by molar-refractivity contribution is 0.0514. The normalized spacial score (nSPS) is 12.9. The number of benzene rings is 1. The molecule has 1 aliphatic heterocycles. The molecular weight excluding hydrogens is 518 g/mol. The van der Waals surface area contributed by atoms with Crippen LogP contribution in [-0.2, 0) is 9.47 Å². The van der Waals surface area contributed by atoms with Gasteiger partial charge < -0.3 is 40.2 Å². The number of aliphatic hydroxyl groups excluding tert-OH is 1. The van der Waals surface area contributed by atoms with Crippen molar-refractivity contribution in [2.75, 3.05) is 73.5 Å². The number of hydrogen-bond acceptors (Lipinski definition) is 11. The van der Waals surface area contributed by atoms with Gasteiger partial charge in [0.25, 0.3) is 0 Å². The number of carbonyl (C=O) groups excluding carboxylic acids is 2. The van der Waals surface area contributed by atoms with E-state index in [2.05, 4.69) is 35.8 Å². The van der Waals surface area contributed by atoms with Gasteiger partial charge in [-0.3, -0.25) is 0 Å². The molecule has 1 saturated heterocycles. The van der Waals surface area contributed by atoms with E-state index in [-0.39, 0.29) is 49.5 Å². The molecule has 2 aromatic heterocycles. The summed E-state index contributed by atoms with van der Waals surface area (Å²) in [6.45, 7) is 6.87. The molecule has 4 N–H and O–H groups in total. The maximum Gasteiger partial charge on any atom is 0.361 e. The monoisotopic (exact) mass is 551 g/mol. The van der Waals surface area contributed by atoms with Crippen LogP contribution in [0.1, 0.15) is 24.3 Å². The van der Waals surface area contributed by atoms with Gasteiger partial charge in [0.1, 0.15) is 5.82 Å². The van der Waals surface area contributed by atoms with Crippen molar-refractivity contribution in [2.45, 2.75) is 13.8 Å². The highest BCUT2D eigenvalue weighted by molar-refractivity contribution is 5.99. The van der Waals surface area contributed by atoms with Gasteiger partial charge >= 0.3 is 12.0 Å². The molecule has 1 aromatic carbocycles. The largest absolute Gasteiger partial charge is 0.488 e. The lowest BCUT2D eigenvalue weighted by Gasteiger charge is -2.27. The van der Waals surface area contributed by atoms with Crippen molar-refractivity contribution in [1.82, 2.24) is 15.0 Å². The molecule has 13 heteroatoms. The number of amides is 2. The molecule has 0 aliphatic carbocycles. The smallest absolute Gasteiger partial charge is 0.361 e. The minimum atomic E-state index is -0.649. The summed E-state index contributed by atoms with van der Waals surface area (Å²) in [6, 6.07) is 10.1. The van der Waals surface area contributed by atoms with Crippen molar-refractivity contribution in [2.24, 2.45) is 0 Å². The van der Waals surface area contributed by atoms with E-state index >= 15 is 0 Å². The Labute approximate surface area is 231 Å². The number of anilines is 4. The fourth-order valence-corrected chi connectivity index (χ4v) is 3.93. The van der Waals surface area contributed by atoms with Gasteiger partial charge in [-0.15, -0.1) is 0 Å². The second kappa shape index (κ2) is 14.1. The predicted molar refractivity (Wildman–Crippen MR) is 150 cm³/mol. The zero-order valence-electron chi connectivity index (χ0n) is 22.5. The predicted octanol–water partition coefficient (Wildman–Crippen LogP) is 3.00. The Balaban J connectivity index is 1.46. The molecule has 3 heterocycles. The molecule has 0 unspecified atom stereocenters. The fraction of sp³-hybridized carbons (Fsp3) is 0.370. The summed E-state index contributed by atoms with van der Waals surface area (Å²) in [6.07, 6.45) is 1.61. The molecule has 0 spiro atoms. The number of pyridine rings is 1. The van der Waals surface area contributed by atoms with Crippen LogP contribution in [0.2, 0.25) is 0 Å². The standard InChI is InChI=1S/C27H33N7O6/c1-3-39-23-22(26(36)40-4-2)32-24(33-25(23)28-11-14-35)18-5-7-19(8-6-18)30-27(37)31-20-9-10-21(29-17-20)34-12-15-38-16-13-34/h5-10,17,35H,3-4,11-16H2,1-2H3,(H,28,32,33)(H2,30,31,37). The van der Waals surface area contributed by atoms with Crippen LogP contribution in [-0.4, -0.2) is 84.7 Å². The quantitative estimate of drug-likeness (QED) is 0.259. The first-order chi connectivity index (χ1) is 19.5. The lowest BCUT2D eigenvalue weighted by atomic mass is 10.2. The molecule has 1 fully saturated rings. The average Bonchev–Trinajstić information content (AvgIpc) is 2.98. The molecule has 3 aromatic rings. The number of carbonyl (C=O) groups is 2. The van der Waals surface area contributed by atoms with E-state index in [4.69, 9.17) is 14.2 Å². The number of nitrogens with zero attached hydrogens (tertiary/aromatic N) is 4. The SMILES string of the molecule is CCOC(=O)c1nc(-c2ccc(NC(=O)Nc3ccc(N4CCOCC4)nc3)cc2)nc(NCCO)c1OCC. The van der Waals surface area contributed by atoms with Gasteiger partial charge in [0.05, 0.1) is 44.9 Å². The van der Waals surface area contributed by atoms with Crippen LogP contribution in [0.3, 0.4) is 0 Å². The highest BCUT2D eigenvalue weighted by atomic mass is 16.5. The topological polar surface area (TPSA) is 160 Å². The average molecular weight is 552 g/mol. The number of rotatable bonds is 11. The molecule has 13 nitrogen and oxygen atoms in total. The second-order valence-corrected chi connectivity index (χ2v) is 8.54. The summed E-state index contributed by atoms with van der Waals surface area (Å²) in [5.74, 6) is 0.847. The van der Waals surface area contributed by atoms with Gasteiger partial charge in [0.2, 0.25) is 0 Å². The number of aromatic nitrogens is 3. The van der Waals surface area contributed by atoms with E-state index in [0.717, 1.165) is 18.9 Å². The summed E-state index contributed by atoms with van der Waals surface area (Å²) in [4.78, 5) is 40.7. The van der Waals surface area contributed by atoms with Crippen LogP contribution in [0.15, 0.2) is 42.6 Å². The molecule has 4 rings (SSSR count). The number of nitrogens with one attached hydrogen (secondary N) is 3. The third-order valence-corrected chi connectivity index (χ3v) is 5.77. The molecule has 0 saturated carbocycles. The first kappa shape index (κ1) is 28.5. The Morgan fingerprint density at radius 3 is 2.38 bits per heavy atom. The second-order valence-electron chi connectivity index (χ2n) is 8.54. The molecule has 212 valence electrons. The summed E-state index contributed by atoms with van der Waals surface area (Å²) >= 11 is 0. The van der Waals surface area contributed by atoms with Crippen molar-refractivity contribution < 1.29 is 28.9 Å². The van der Waals surface area contributed by atoms with E-state index < -0.39 is 12.0 Å². The van der Waals surface area contributed by atoms with E-state index in [0.29, 0.717) is 30.2 Å². The van der Waals surface area contributed by atoms with E-state index in [9.17, 15) is 14.7 Å². The Morgan fingerprint density at radius 1 is 1.00 bits per heavy atom. The molecule has 40 heavy (non-hydrogen) atoms. The van der Waals surface area contributed by atoms with E-state index in [1.165, 1.54) is 0 Å². The Morgan fingerprint density at radius 2 is 1.73 bits per heavy atom. The zero-order chi connectivity index (χ0) is 28.3. The van der Waals surface area contributed by atoms with Gasteiger partial charge in [-0.2, -0.15) is 0 Å². The Hall–Kier alpha value is -4.49. The van der Waals surface area contributed by atoms with Crippen LogP contribution < -0.4 is 25.6 Å². The minimum absolute atomic E-state index is 0.0241. The summed E-state index contributed by atoms with van der Waals surface area (Å²) < 4.78 is 16.2. The molecular formula is C27H33N7O6. The highest BCUT2D eigenvalue weighted by Crippen LogP contribution is 2.30. The van der Waals surface area contributed by atoms with Crippen molar-refractivity contribution in [3.05, 3.63) is 48.3 Å². The van der Waals surface area contributed by atoms with Crippen LogP contribution in [0.5, 0.6) is 5.75 Å². The maximum atomic E-state index is 12.6. The van der Waals surface area contributed by atoms with Gasteiger partial charge in [-0.05, 0) is 50.2 Å². The lowest BCUT2D eigenvalue weighted by Crippen LogP contribution is -2.36. The third-order valence-electron chi connectivity index (χ3n) is 5.77. The molecule has 0 bridgehead atoms. The zero-order valence-corrected chi connectivity index (χ0v) is 22.5. The van der Waals surface area contributed by atoms with Crippen molar-refractivity contribution >= 4 is 35.0 Å². The maximum absolute atomic E-state index is 12.6. The van der Waals surface area contributed by atoms with E-state index in [1.807, 2.05) is 6.07 Å². The van der Waals surface area contributed by atoms with Gasteiger partial charge in [-0.25, -0.2) is 24.5 Å². The van der Waals surface area contributed by atoms with Gasteiger partial charge in [0.15, 0.2) is 23.1 Å². The van der Waals surface area contributed by atoms with Crippen LogP contribution in [0.25, 0.3) is 11.4 Å². The Bertz CT molecular complexity index is 1280. The van der Waals surface area contributed by atoms with Crippen molar-refractivity contribution in [3.63, 3.8) is 0 Å². The molecule has 2 amide bonds. The fourth-order valence-electron chi connectivity index (χ4n) is 3.93. The summed E-state index contributed by atoms with van der Waals surface area (Å²) in [5.41, 5.74) is 1.66. The van der Waals surface area contributed by atoms with Crippen molar-refractivity contribution in [1.29, 1.82) is 0 Å². The number of hydrogen-bond donors (Lipinski definition) is 4. The molecule has 1 aliphatic rings. The number of urea groups is 1. The van der Waals surface area contributed by atoms with Gasteiger partial charge in [0, 0.05) is 30.9 Å². The van der Waals surface area contributed by atoms with Crippen molar-refractivity contribution in [3.8, 4) is 17.1 Å². The van der Waals surface area contributed by atoms with Gasteiger partial charge in [-0.1, -0.05) is 0 Å². The van der Waals surface area contributed by atoms with Crippen LogP contribution in [0.4, 0.5) is 27.8 Å². The van der Waals surface area contributed by atoms with Crippen LogP contribution >= 0.6 is 0 Å². The summed E-state index contributed by atoms with van der Waals surface area (Å²) in [5, 5.41) is 17.8. The number of esters is 1. The first-order valence-electron chi connectivity index (χ1n) is 13.1. The highest BCUT2D eigenvalue weighted by Gasteiger charge is 2.23. The first-order valence-corrected chi connectivity index (χ1v) is 13.1. The Kier molecular flexibility index (Phi) is 10.0. The molecule has 0 atom stereocenters. The number of aliphatic hydroxyl groups is 1. The number of ether oxygens (including phenoxy) is 3. The third kappa shape index (κ3) is 7.33.